The molecule has 0 bridgehead atoms. The van der Waals surface area contributed by atoms with Crippen molar-refractivity contribution in [2.24, 2.45) is 0 Å². The normalized spacial score (nSPS) is 10.9. The first-order valence-corrected chi connectivity index (χ1v) is 4.73. The van der Waals surface area contributed by atoms with Crippen molar-refractivity contribution < 1.29 is 14.5 Å². The molecule has 1 aromatic carbocycles. The molecule has 5 nitrogen and oxygen atoms in total. The summed E-state index contributed by atoms with van der Waals surface area (Å²) in [6.45, 7) is 1.71. The van der Waals surface area contributed by atoms with E-state index in [-0.39, 0.29) is 6.61 Å². The molecular formula is C11H11NO4. The molecule has 16 heavy (non-hydrogen) atoms. The maximum atomic E-state index is 11.3. The third-order valence-electron chi connectivity index (χ3n) is 1.78. The van der Waals surface area contributed by atoms with Gasteiger partial charge in [0.2, 0.25) is 0 Å². The summed E-state index contributed by atoms with van der Waals surface area (Å²) in [4.78, 5) is 21.2. The Labute approximate surface area is 92.5 Å². The van der Waals surface area contributed by atoms with Gasteiger partial charge in [-0.2, -0.15) is 0 Å². The van der Waals surface area contributed by atoms with Gasteiger partial charge in [0.25, 0.3) is 0 Å². The van der Waals surface area contributed by atoms with E-state index in [0.29, 0.717) is 5.56 Å². The van der Waals surface area contributed by atoms with Crippen molar-refractivity contribution in [3.63, 3.8) is 0 Å². The van der Waals surface area contributed by atoms with E-state index in [1.54, 1.807) is 37.3 Å². The second-order valence-electron chi connectivity index (χ2n) is 2.92. The van der Waals surface area contributed by atoms with Crippen molar-refractivity contribution in [3.8, 4) is 0 Å². The summed E-state index contributed by atoms with van der Waals surface area (Å²) in [5, 5.41) is 10.7. The molecule has 1 aromatic rings. The lowest BCUT2D eigenvalue weighted by Gasteiger charge is -1.99. The summed E-state index contributed by atoms with van der Waals surface area (Å²) in [5.41, 5.74) is 0.0234. The van der Waals surface area contributed by atoms with Crippen LogP contribution in [-0.4, -0.2) is 17.5 Å². The van der Waals surface area contributed by atoms with E-state index in [2.05, 4.69) is 4.74 Å². The zero-order chi connectivity index (χ0) is 12.0. The van der Waals surface area contributed by atoms with Gasteiger partial charge < -0.3 is 4.74 Å². The first-order valence-electron chi connectivity index (χ1n) is 4.73. The fraction of sp³-hybridized carbons (Fsp3) is 0.182. The Balaban J connectivity index is 2.99. The van der Waals surface area contributed by atoms with Crippen molar-refractivity contribution in [2.75, 3.05) is 6.61 Å². The van der Waals surface area contributed by atoms with Gasteiger partial charge in [-0.3, -0.25) is 10.1 Å². The number of nitrogens with zero attached hydrogens (tertiary/aromatic N) is 1. The summed E-state index contributed by atoms with van der Waals surface area (Å²) in [6, 6.07) is 8.59. The average molecular weight is 221 g/mol. The predicted octanol–water partition coefficient (Wildman–Crippen LogP) is 1.87. The first-order chi connectivity index (χ1) is 7.65. The zero-order valence-electron chi connectivity index (χ0n) is 8.75. The topological polar surface area (TPSA) is 69.4 Å². The van der Waals surface area contributed by atoms with Crippen LogP contribution in [0.1, 0.15) is 12.5 Å². The number of rotatable bonds is 4. The van der Waals surface area contributed by atoms with Gasteiger partial charge in [-0.25, -0.2) is 4.79 Å². The standard InChI is InChI=1S/C11H11NO4/c1-2-16-11(13)10(12(14)15)8-9-6-4-3-5-7-9/h3-8H,2H2,1H3/b10-8-. The molecule has 0 fully saturated rings. The van der Waals surface area contributed by atoms with Crippen molar-refractivity contribution in [3.05, 3.63) is 51.7 Å². The lowest BCUT2D eigenvalue weighted by atomic mass is 10.2. The lowest BCUT2D eigenvalue weighted by Crippen LogP contribution is -2.14. The monoisotopic (exact) mass is 221 g/mol. The molecule has 0 saturated heterocycles. The molecule has 0 heterocycles. The molecule has 0 amide bonds. The molecule has 1 rings (SSSR count). The van der Waals surface area contributed by atoms with Crippen LogP contribution < -0.4 is 0 Å². The van der Waals surface area contributed by atoms with Crippen LogP contribution in [0.3, 0.4) is 0 Å². The van der Waals surface area contributed by atoms with E-state index >= 15 is 0 Å². The molecule has 0 unspecified atom stereocenters. The molecule has 0 aliphatic rings. The van der Waals surface area contributed by atoms with E-state index in [9.17, 15) is 14.9 Å². The molecular weight excluding hydrogens is 210 g/mol. The Bertz CT molecular complexity index is 411. The maximum absolute atomic E-state index is 11.3. The van der Waals surface area contributed by atoms with Crippen molar-refractivity contribution in [2.45, 2.75) is 6.92 Å². The van der Waals surface area contributed by atoms with Crippen LogP contribution in [0, 0.1) is 10.1 Å². The lowest BCUT2D eigenvalue weighted by molar-refractivity contribution is -0.419. The quantitative estimate of drug-likeness (QED) is 0.337. The third kappa shape index (κ3) is 3.20. The number of carbonyl (C=O) groups excluding carboxylic acids is 1. The summed E-state index contributed by atoms with van der Waals surface area (Å²) >= 11 is 0. The molecule has 0 saturated carbocycles. The third-order valence-corrected chi connectivity index (χ3v) is 1.78. The average Bonchev–Trinajstić information content (AvgIpc) is 2.27. The molecule has 0 radical (unpaired) electrons. The molecule has 0 atom stereocenters. The van der Waals surface area contributed by atoms with Gasteiger partial charge in [-0.1, -0.05) is 30.3 Å². The number of ether oxygens (including phenoxy) is 1. The van der Waals surface area contributed by atoms with Crippen LogP contribution in [0.15, 0.2) is 36.0 Å². The van der Waals surface area contributed by atoms with Crippen LogP contribution in [-0.2, 0) is 9.53 Å². The van der Waals surface area contributed by atoms with Crippen LogP contribution in [0.25, 0.3) is 6.08 Å². The summed E-state index contributed by atoms with van der Waals surface area (Å²) < 4.78 is 4.59. The molecule has 0 aromatic heterocycles. The Kier molecular flexibility index (Phi) is 4.20. The van der Waals surface area contributed by atoms with Crippen LogP contribution in [0.4, 0.5) is 0 Å². The van der Waals surface area contributed by atoms with Gasteiger partial charge >= 0.3 is 11.7 Å². The maximum Gasteiger partial charge on any atom is 0.409 e. The van der Waals surface area contributed by atoms with Gasteiger partial charge in [-0.15, -0.1) is 0 Å². The number of benzene rings is 1. The highest BCUT2D eigenvalue weighted by atomic mass is 16.6. The molecule has 5 heteroatoms. The largest absolute Gasteiger partial charge is 0.458 e. The van der Waals surface area contributed by atoms with Gasteiger partial charge in [0.1, 0.15) is 0 Å². The molecule has 0 spiro atoms. The van der Waals surface area contributed by atoms with Gasteiger partial charge in [-0.05, 0) is 12.5 Å². The van der Waals surface area contributed by atoms with E-state index < -0.39 is 16.6 Å². The van der Waals surface area contributed by atoms with Crippen molar-refractivity contribution >= 4 is 12.0 Å². The van der Waals surface area contributed by atoms with E-state index in [1.807, 2.05) is 0 Å². The minimum Gasteiger partial charge on any atom is -0.458 e. The Morgan fingerprint density at radius 2 is 2.06 bits per heavy atom. The molecule has 0 aliphatic heterocycles. The number of nitro groups is 1. The molecule has 0 N–H and O–H groups in total. The van der Waals surface area contributed by atoms with Crippen molar-refractivity contribution in [1.82, 2.24) is 0 Å². The molecule has 84 valence electrons. The first kappa shape index (κ1) is 11.9. The highest BCUT2D eigenvalue weighted by Gasteiger charge is 2.22. The smallest absolute Gasteiger partial charge is 0.409 e. The predicted molar refractivity (Wildman–Crippen MR) is 58.0 cm³/mol. The van der Waals surface area contributed by atoms with Crippen LogP contribution in [0.2, 0.25) is 0 Å². The highest BCUT2D eigenvalue weighted by Crippen LogP contribution is 2.08. The Hall–Kier alpha value is -2.17. The van der Waals surface area contributed by atoms with Gasteiger partial charge in [0.05, 0.1) is 11.5 Å². The zero-order valence-corrected chi connectivity index (χ0v) is 8.75. The van der Waals surface area contributed by atoms with E-state index in [4.69, 9.17) is 0 Å². The van der Waals surface area contributed by atoms with Crippen LogP contribution >= 0.6 is 0 Å². The second-order valence-corrected chi connectivity index (χ2v) is 2.92. The number of carbonyl (C=O) groups is 1. The summed E-state index contributed by atoms with van der Waals surface area (Å²) in [5.74, 6) is -0.920. The summed E-state index contributed by atoms with van der Waals surface area (Å²) in [7, 11) is 0. The number of hydrogen-bond acceptors (Lipinski definition) is 4. The van der Waals surface area contributed by atoms with Gasteiger partial charge in [0.15, 0.2) is 0 Å². The Morgan fingerprint density at radius 3 is 2.56 bits per heavy atom. The van der Waals surface area contributed by atoms with E-state index in [0.717, 1.165) is 0 Å². The van der Waals surface area contributed by atoms with Crippen LogP contribution in [0.5, 0.6) is 0 Å². The fourth-order valence-corrected chi connectivity index (χ4v) is 1.10. The molecule has 0 aliphatic carbocycles. The SMILES string of the molecule is CCOC(=O)/C(=C/c1ccccc1)[N+](=O)[O-]. The Morgan fingerprint density at radius 1 is 1.44 bits per heavy atom. The number of esters is 1. The second kappa shape index (κ2) is 5.65. The van der Waals surface area contributed by atoms with Crippen molar-refractivity contribution in [1.29, 1.82) is 0 Å². The summed E-state index contributed by atoms with van der Waals surface area (Å²) in [6.07, 6.45) is 1.19. The van der Waals surface area contributed by atoms with Gasteiger partial charge in [0, 0.05) is 6.08 Å². The highest BCUT2D eigenvalue weighted by molar-refractivity contribution is 5.90. The fourth-order valence-electron chi connectivity index (χ4n) is 1.10. The minimum atomic E-state index is -0.920. The number of hydrogen-bond donors (Lipinski definition) is 0. The minimum absolute atomic E-state index is 0.110. The van der Waals surface area contributed by atoms with E-state index in [1.165, 1.54) is 6.08 Å².